The maximum absolute atomic E-state index is 11.9. The number of anilines is 3. The predicted octanol–water partition coefficient (Wildman–Crippen LogP) is 2.98. The van der Waals surface area contributed by atoms with Gasteiger partial charge in [0, 0.05) is 28.5 Å². The Kier molecular flexibility index (Phi) is 5.48. The van der Waals surface area contributed by atoms with Crippen molar-refractivity contribution in [3.8, 4) is 0 Å². The molecule has 7 heteroatoms. The van der Waals surface area contributed by atoms with Gasteiger partial charge in [-0.25, -0.2) is 0 Å². The topological polar surface area (TPSA) is 87.3 Å². The number of rotatable bonds is 3. The highest BCUT2D eigenvalue weighted by atomic mass is 79.9. The van der Waals surface area contributed by atoms with E-state index >= 15 is 0 Å². The van der Waals surface area contributed by atoms with E-state index in [9.17, 15) is 14.4 Å². The molecule has 0 saturated carbocycles. The summed E-state index contributed by atoms with van der Waals surface area (Å²) in [5, 5.41) is 7.57. The summed E-state index contributed by atoms with van der Waals surface area (Å²) in [5.41, 5.74) is 1.44. The molecule has 0 heterocycles. The Morgan fingerprint density at radius 1 is 0.783 bits per heavy atom. The SMILES string of the molecule is CC(=O)Nc1cccc(NC(=O)C(=O)Nc2cccc(Br)c2)c1. The minimum atomic E-state index is -0.801. The van der Waals surface area contributed by atoms with Crippen LogP contribution >= 0.6 is 15.9 Å². The highest BCUT2D eigenvalue weighted by molar-refractivity contribution is 9.10. The monoisotopic (exact) mass is 375 g/mol. The molecule has 0 atom stereocenters. The summed E-state index contributed by atoms with van der Waals surface area (Å²) >= 11 is 3.28. The second-order valence-corrected chi connectivity index (χ2v) is 5.60. The van der Waals surface area contributed by atoms with E-state index < -0.39 is 11.8 Å². The zero-order chi connectivity index (χ0) is 16.8. The van der Waals surface area contributed by atoms with E-state index in [1.54, 1.807) is 42.5 Å². The van der Waals surface area contributed by atoms with Crippen LogP contribution in [0.1, 0.15) is 6.92 Å². The first kappa shape index (κ1) is 16.7. The van der Waals surface area contributed by atoms with Crippen LogP contribution in [-0.2, 0) is 14.4 Å². The Morgan fingerprint density at radius 2 is 1.26 bits per heavy atom. The van der Waals surface area contributed by atoms with E-state index in [2.05, 4.69) is 31.9 Å². The Hall–Kier alpha value is -2.67. The molecule has 2 rings (SSSR count). The van der Waals surface area contributed by atoms with Crippen molar-refractivity contribution in [1.29, 1.82) is 0 Å². The Bertz CT molecular complexity index is 762. The molecule has 3 N–H and O–H groups in total. The van der Waals surface area contributed by atoms with Gasteiger partial charge in [0.2, 0.25) is 5.91 Å². The highest BCUT2D eigenvalue weighted by Crippen LogP contribution is 2.17. The first-order chi connectivity index (χ1) is 10.9. The van der Waals surface area contributed by atoms with Gasteiger partial charge in [-0.15, -0.1) is 0 Å². The lowest BCUT2D eigenvalue weighted by molar-refractivity contribution is -0.132. The first-order valence-corrected chi connectivity index (χ1v) is 7.49. The number of amides is 3. The van der Waals surface area contributed by atoms with Crippen LogP contribution < -0.4 is 16.0 Å². The van der Waals surface area contributed by atoms with Gasteiger partial charge in [-0.05, 0) is 36.4 Å². The molecule has 0 unspecified atom stereocenters. The quantitative estimate of drug-likeness (QED) is 0.720. The van der Waals surface area contributed by atoms with Gasteiger partial charge in [0.15, 0.2) is 0 Å². The van der Waals surface area contributed by atoms with Crippen molar-refractivity contribution < 1.29 is 14.4 Å². The molecule has 0 bridgehead atoms. The fraction of sp³-hybridized carbons (Fsp3) is 0.0625. The molecule has 6 nitrogen and oxygen atoms in total. The molecule has 2 aromatic carbocycles. The average molecular weight is 376 g/mol. The molecule has 0 spiro atoms. The Labute approximate surface area is 141 Å². The van der Waals surface area contributed by atoms with Crippen molar-refractivity contribution in [2.45, 2.75) is 6.92 Å². The molecular weight excluding hydrogens is 362 g/mol. The van der Waals surface area contributed by atoms with Gasteiger partial charge in [0.1, 0.15) is 0 Å². The van der Waals surface area contributed by atoms with Crippen LogP contribution in [0.25, 0.3) is 0 Å². The number of benzene rings is 2. The normalized spacial score (nSPS) is 9.83. The third-order valence-electron chi connectivity index (χ3n) is 2.73. The number of hydrogen-bond donors (Lipinski definition) is 3. The molecule has 23 heavy (non-hydrogen) atoms. The van der Waals surface area contributed by atoms with Gasteiger partial charge >= 0.3 is 11.8 Å². The predicted molar refractivity (Wildman–Crippen MR) is 92.1 cm³/mol. The van der Waals surface area contributed by atoms with Crippen molar-refractivity contribution in [2.24, 2.45) is 0 Å². The molecule has 0 aliphatic heterocycles. The summed E-state index contributed by atoms with van der Waals surface area (Å²) in [6.07, 6.45) is 0. The third kappa shape index (κ3) is 5.23. The van der Waals surface area contributed by atoms with Crippen molar-refractivity contribution >= 4 is 50.7 Å². The van der Waals surface area contributed by atoms with Crippen LogP contribution in [0.4, 0.5) is 17.1 Å². The molecule has 0 aliphatic rings. The highest BCUT2D eigenvalue weighted by Gasteiger charge is 2.14. The molecule has 0 aromatic heterocycles. The average Bonchev–Trinajstić information content (AvgIpc) is 2.46. The Balaban J connectivity index is 2.01. The van der Waals surface area contributed by atoms with E-state index in [-0.39, 0.29) is 5.91 Å². The number of carbonyl (C=O) groups excluding carboxylic acids is 3. The van der Waals surface area contributed by atoms with E-state index in [0.29, 0.717) is 17.1 Å². The second-order valence-electron chi connectivity index (χ2n) is 4.68. The van der Waals surface area contributed by atoms with Crippen LogP contribution in [-0.4, -0.2) is 17.7 Å². The zero-order valence-electron chi connectivity index (χ0n) is 12.2. The van der Waals surface area contributed by atoms with Gasteiger partial charge < -0.3 is 16.0 Å². The Morgan fingerprint density at radius 3 is 1.78 bits per heavy atom. The van der Waals surface area contributed by atoms with E-state index in [4.69, 9.17) is 0 Å². The van der Waals surface area contributed by atoms with E-state index in [0.717, 1.165) is 4.47 Å². The summed E-state index contributed by atoms with van der Waals surface area (Å²) in [6, 6.07) is 13.4. The standard InChI is InChI=1S/C16H14BrN3O3/c1-10(21)18-13-6-3-7-14(9-13)20-16(23)15(22)19-12-5-2-4-11(17)8-12/h2-9H,1H3,(H,18,21)(H,19,22)(H,20,23). The molecule has 0 radical (unpaired) electrons. The van der Waals surface area contributed by atoms with Crippen LogP contribution in [0.2, 0.25) is 0 Å². The molecule has 0 fully saturated rings. The maximum atomic E-state index is 11.9. The van der Waals surface area contributed by atoms with Crippen LogP contribution in [0.3, 0.4) is 0 Å². The van der Waals surface area contributed by atoms with Gasteiger partial charge in [0.05, 0.1) is 0 Å². The molecule has 3 amide bonds. The third-order valence-corrected chi connectivity index (χ3v) is 3.22. The smallest absolute Gasteiger partial charge is 0.314 e. The molecular formula is C16H14BrN3O3. The summed E-state index contributed by atoms with van der Waals surface area (Å²) in [5.74, 6) is -1.81. The van der Waals surface area contributed by atoms with E-state index in [1.165, 1.54) is 6.92 Å². The van der Waals surface area contributed by atoms with Crippen LogP contribution in [0.15, 0.2) is 53.0 Å². The summed E-state index contributed by atoms with van der Waals surface area (Å²) in [4.78, 5) is 34.8. The van der Waals surface area contributed by atoms with Gasteiger partial charge in [-0.1, -0.05) is 28.1 Å². The number of halogens is 1. The van der Waals surface area contributed by atoms with Crippen molar-refractivity contribution in [3.63, 3.8) is 0 Å². The fourth-order valence-corrected chi connectivity index (χ4v) is 2.22. The zero-order valence-corrected chi connectivity index (χ0v) is 13.8. The van der Waals surface area contributed by atoms with Gasteiger partial charge in [-0.2, -0.15) is 0 Å². The minimum absolute atomic E-state index is 0.221. The second kappa shape index (κ2) is 7.55. The molecule has 118 valence electrons. The van der Waals surface area contributed by atoms with Crippen LogP contribution in [0, 0.1) is 0 Å². The van der Waals surface area contributed by atoms with E-state index in [1.807, 2.05) is 6.07 Å². The summed E-state index contributed by atoms with van der Waals surface area (Å²) in [7, 11) is 0. The minimum Gasteiger partial charge on any atom is -0.326 e. The van der Waals surface area contributed by atoms with Gasteiger partial charge in [-0.3, -0.25) is 14.4 Å². The fourth-order valence-electron chi connectivity index (χ4n) is 1.82. The van der Waals surface area contributed by atoms with Gasteiger partial charge in [0.25, 0.3) is 0 Å². The molecule has 0 saturated heterocycles. The summed E-state index contributed by atoms with van der Waals surface area (Å²) in [6.45, 7) is 1.39. The van der Waals surface area contributed by atoms with Crippen molar-refractivity contribution in [2.75, 3.05) is 16.0 Å². The molecule has 0 aliphatic carbocycles. The summed E-state index contributed by atoms with van der Waals surface area (Å²) < 4.78 is 0.790. The maximum Gasteiger partial charge on any atom is 0.314 e. The van der Waals surface area contributed by atoms with Crippen LogP contribution in [0.5, 0.6) is 0 Å². The lowest BCUT2D eigenvalue weighted by atomic mass is 10.2. The number of hydrogen-bond acceptors (Lipinski definition) is 3. The lowest BCUT2D eigenvalue weighted by Gasteiger charge is -2.08. The lowest BCUT2D eigenvalue weighted by Crippen LogP contribution is -2.29. The largest absolute Gasteiger partial charge is 0.326 e. The van der Waals surface area contributed by atoms with Crippen molar-refractivity contribution in [1.82, 2.24) is 0 Å². The molecule has 2 aromatic rings. The van der Waals surface area contributed by atoms with Crippen molar-refractivity contribution in [3.05, 3.63) is 53.0 Å². The first-order valence-electron chi connectivity index (χ1n) is 6.69. The number of nitrogens with one attached hydrogen (secondary N) is 3. The number of carbonyl (C=O) groups is 3.